The number of benzene rings is 3. The molecule has 36 heavy (non-hydrogen) atoms. The first-order valence-electron chi connectivity index (χ1n) is 12.0. The maximum absolute atomic E-state index is 13.1. The number of oxazole rings is 1. The van der Waals surface area contributed by atoms with Crippen LogP contribution in [0.15, 0.2) is 77.2 Å². The average molecular weight is 486 g/mol. The Kier molecular flexibility index (Phi) is 7.68. The third-order valence-corrected chi connectivity index (χ3v) is 6.03. The molecule has 7 heteroatoms. The number of rotatable bonds is 9. The predicted molar refractivity (Wildman–Crippen MR) is 141 cm³/mol. The first kappa shape index (κ1) is 25.0. The summed E-state index contributed by atoms with van der Waals surface area (Å²) in [4.78, 5) is 30.5. The fourth-order valence-corrected chi connectivity index (χ4v) is 3.97. The van der Waals surface area contributed by atoms with E-state index < -0.39 is 6.04 Å². The summed E-state index contributed by atoms with van der Waals surface area (Å²) in [5.41, 5.74) is 3.69. The van der Waals surface area contributed by atoms with Crippen LogP contribution in [0.1, 0.15) is 38.7 Å². The predicted octanol–water partition coefficient (Wildman–Crippen LogP) is 5.78. The minimum absolute atomic E-state index is 0.176. The molecule has 0 aliphatic rings. The van der Waals surface area contributed by atoms with E-state index in [-0.39, 0.29) is 23.7 Å². The molecular formula is C29H31N3O4. The molecule has 4 aromatic rings. The van der Waals surface area contributed by atoms with Gasteiger partial charge in [-0.25, -0.2) is 4.98 Å². The maximum Gasteiger partial charge on any atom is 0.246 e. The minimum Gasteiger partial charge on any atom is -0.497 e. The number of nitrogens with zero attached hydrogens (tertiary/aromatic N) is 1. The topological polar surface area (TPSA) is 93.5 Å². The number of anilines is 1. The molecule has 0 radical (unpaired) electrons. The molecule has 4 rings (SSSR count). The van der Waals surface area contributed by atoms with Gasteiger partial charge in [0.15, 0.2) is 5.58 Å². The third-order valence-electron chi connectivity index (χ3n) is 6.03. The highest BCUT2D eigenvalue weighted by molar-refractivity contribution is 5.98. The summed E-state index contributed by atoms with van der Waals surface area (Å²) in [6.07, 6.45) is 0.531. The summed E-state index contributed by atoms with van der Waals surface area (Å²) in [7, 11) is 1.60. The van der Waals surface area contributed by atoms with Crippen molar-refractivity contribution < 1.29 is 18.7 Å². The van der Waals surface area contributed by atoms with Gasteiger partial charge in [-0.2, -0.15) is 0 Å². The highest BCUT2D eigenvalue weighted by atomic mass is 16.5. The summed E-state index contributed by atoms with van der Waals surface area (Å²) in [5, 5.41) is 5.87. The Morgan fingerprint density at radius 2 is 1.67 bits per heavy atom. The molecule has 1 heterocycles. The van der Waals surface area contributed by atoms with Gasteiger partial charge in [0.1, 0.15) is 17.3 Å². The van der Waals surface area contributed by atoms with Crippen molar-refractivity contribution in [1.29, 1.82) is 0 Å². The van der Waals surface area contributed by atoms with Crippen LogP contribution in [0.5, 0.6) is 5.75 Å². The smallest absolute Gasteiger partial charge is 0.246 e. The first-order chi connectivity index (χ1) is 17.3. The van der Waals surface area contributed by atoms with E-state index in [0.29, 0.717) is 29.3 Å². The van der Waals surface area contributed by atoms with E-state index in [4.69, 9.17) is 9.15 Å². The van der Waals surface area contributed by atoms with Gasteiger partial charge < -0.3 is 19.8 Å². The van der Waals surface area contributed by atoms with Crippen LogP contribution in [0.3, 0.4) is 0 Å². The van der Waals surface area contributed by atoms with Crippen LogP contribution in [0.2, 0.25) is 0 Å². The molecule has 0 aliphatic carbocycles. The SMILES string of the molecule is COc1ccc2nc(-c3ccc(NC(=O)[C@H](CC(C)C)NC(=O)[C@@H](C)c4ccccc4)cc3)oc2c1. The number of hydrogen-bond acceptors (Lipinski definition) is 5. The van der Waals surface area contributed by atoms with Crippen molar-refractivity contribution >= 4 is 28.6 Å². The second kappa shape index (κ2) is 11.1. The fraction of sp³-hybridized carbons (Fsp3) is 0.276. The Morgan fingerprint density at radius 1 is 0.944 bits per heavy atom. The second-order valence-electron chi connectivity index (χ2n) is 9.24. The van der Waals surface area contributed by atoms with Crippen molar-refractivity contribution in [3.8, 4) is 17.2 Å². The van der Waals surface area contributed by atoms with Crippen LogP contribution in [0, 0.1) is 5.92 Å². The number of methoxy groups -OCH3 is 1. The van der Waals surface area contributed by atoms with Crippen LogP contribution in [0.25, 0.3) is 22.6 Å². The van der Waals surface area contributed by atoms with Gasteiger partial charge >= 0.3 is 0 Å². The lowest BCUT2D eigenvalue weighted by atomic mass is 9.98. The highest BCUT2D eigenvalue weighted by Gasteiger charge is 2.25. The lowest BCUT2D eigenvalue weighted by Crippen LogP contribution is -2.46. The van der Waals surface area contributed by atoms with Crippen LogP contribution in [0.4, 0.5) is 5.69 Å². The van der Waals surface area contributed by atoms with Gasteiger partial charge in [0, 0.05) is 17.3 Å². The van der Waals surface area contributed by atoms with Gasteiger partial charge in [0.05, 0.1) is 13.0 Å². The number of hydrogen-bond donors (Lipinski definition) is 2. The molecular weight excluding hydrogens is 454 g/mol. The van der Waals surface area contributed by atoms with Crippen LogP contribution in [-0.4, -0.2) is 29.9 Å². The van der Waals surface area contributed by atoms with E-state index in [1.165, 1.54) is 0 Å². The van der Waals surface area contributed by atoms with Crippen LogP contribution < -0.4 is 15.4 Å². The molecule has 0 spiro atoms. The van der Waals surface area contributed by atoms with Crippen molar-refractivity contribution in [3.05, 3.63) is 78.4 Å². The van der Waals surface area contributed by atoms with E-state index in [1.54, 1.807) is 25.3 Å². The summed E-state index contributed by atoms with van der Waals surface area (Å²) < 4.78 is 11.1. The van der Waals surface area contributed by atoms with Gasteiger partial charge in [0.25, 0.3) is 0 Å². The fourth-order valence-electron chi connectivity index (χ4n) is 3.97. The third kappa shape index (κ3) is 5.92. The molecule has 0 unspecified atom stereocenters. The number of fused-ring (bicyclic) bond motifs is 1. The van der Waals surface area contributed by atoms with Crippen molar-refractivity contribution in [2.24, 2.45) is 5.92 Å². The largest absolute Gasteiger partial charge is 0.497 e. The lowest BCUT2D eigenvalue weighted by molar-refractivity contribution is -0.127. The molecule has 0 bridgehead atoms. The Morgan fingerprint density at radius 3 is 2.33 bits per heavy atom. The van der Waals surface area contributed by atoms with E-state index in [2.05, 4.69) is 15.6 Å². The lowest BCUT2D eigenvalue weighted by Gasteiger charge is -2.22. The molecule has 2 amide bonds. The number of nitrogens with one attached hydrogen (secondary N) is 2. The first-order valence-corrected chi connectivity index (χ1v) is 12.0. The zero-order chi connectivity index (χ0) is 25.7. The summed E-state index contributed by atoms with van der Waals surface area (Å²) in [6, 6.07) is 21.6. The molecule has 3 aromatic carbocycles. The molecule has 2 atom stereocenters. The maximum atomic E-state index is 13.1. The number of aromatic nitrogens is 1. The average Bonchev–Trinajstić information content (AvgIpc) is 3.31. The molecule has 0 saturated carbocycles. The van der Waals surface area contributed by atoms with Gasteiger partial charge in [-0.1, -0.05) is 44.2 Å². The van der Waals surface area contributed by atoms with E-state index >= 15 is 0 Å². The number of amides is 2. The normalized spacial score (nSPS) is 12.8. The van der Waals surface area contributed by atoms with E-state index in [1.807, 2.05) is 75.4 Å². The number of carbonyl (C=O) groups excluding carboxylic acids is 2. The molecule has 0 saturated heterocycles. The molecule has 186 valence electrons. The van der Waals surface area contributed by atoms with Gasteiger partial charge in [-0.05, 0) is 61.2 Å². The monoisotopic (exact) mass is 485 g/mol. The zero-order valence-corrected chi connectivity index (χ0v) is 20.9. The summed E-state index contributed by atoms with van der Waals surface area (Å²) in [6.45, 7) is 5.89. The summed E-state index contributed by atoms with van der Waals surface area (Å²) in [5.74, 6) is 0.627. The second-order valence-corrected chi connectivity index (χ2v) is 9.24. The van der Waals surface area contributed by atoms with E-state index in [0.717, 1.165) is 16.6 Å². The highest BCUT2D eigenvalue weighted by Crippen LogP contribution is 2.28. The molecule has 1 aromatic heterocycles. The molecule has 2 N–H and O–H groups in total. The number of carbonyl (C=O) groups is 2. The van der Waals surface area contributed by atoms with Crippen molar-refractivity contribution in [2.45, 2.75) is 39.2 Å². The Bertz CT molecular complexity index is 1330. The Balaban J connectivity index is 1.44. The van der Waals surface area contributed by atoms with Crippen molar-refractivity contribution in [1.82, 2.24) is 10.3 Å². The molecule has 0 fully saturated rings. The van der Waals surface area contributed by atoms with Gasteiger partial charge in [-0.3, -0.25) is 9.59 Å². The number of ether oxygens (including phenoxy) is 1. The zero-order valence-electron chi connectivity index (χ0n) is 20.9. The van der Waals surface area contributed by atoms with Crippen molar-refractivity contribution in [2.75, 3.05) is 12.4 Å². The quantitative estimate of drug-likeness (QED) is 0.314. The Hall–Kier alpha value is -4.13. The van der Waals surface area contributed by atoms with Crippen molar-refractivity contribution in [3.63, 3.8) is 0 Å². The van der Waals surface area contributed by atoms with Crippen LogP contribution in [-0.2, 0) is 9.59 Å². The molecule has 0 aliphatic heterocycles. The van der Waals surface area contributed by atoms with Gasteiger partial charge in [0.2, 0.25) is 17.7 Å². The Labute approximate surface area is 210 Å². The summed E-state index contributed by atoms with van der Waals surface area (Å²) >= 11 is 0. The van der Waals surface area contributed by atoms with Crippen LogP contribution >= 0.6 is 0 Å². The van der Waals surface area contributed by atoms with E-state index in [9.17, 15) is 9.59 Å². The van der Waals surface area contributed by atoms with Gasteiger partial charge in [-0.15, -0.1) is 0 Å². The minimum atomic E-state index is -0.643. The molecule has 7 nitrogen and oxygen atoms in total. The standard InChI is InChI=1S/C29H31N3O4/c1-18(2)16-25(31-27(33)19(3)20-8-6-5-7-9-20)28(34)30-22-12-10-21(11-13-22)29-32-24-15-14-23(35-4)17-26(24)36-29/h5-15,17-19,25H,16H2,1-4H3,(H,30,34)(H,31,33)/t19-,25-/m0/s1.